The Kier molecular flexibility index (Phi) is 4.24. The van der Waals surface area contributed by atoms with Gasteiger partial charge in [0.1, 0.15) is 0 Å². The van der Waals surface area contributed by atoms with Crippen molar-refractivity contribution in [1.29, 1.82) is 0 Å². The van der Waals surface area contributed by atoms with E-state index in [-0.39, 0.29) is 11.9 Å². The Hall–Kier alpha value is -2.50. The van der Waals surface area contributed by atoms with Gasteiger partial charge >= 0.3 is 0 Å². The van der Waals surface area contributed by atoms with Crippen molar-refractivity contribution in [3.63, 3.8) is 0 Å². The molecule has 0 radical (unpaired) electrons. The second-order valence-electron chi connectivity index (χ2n) is 4.56. The summed E-state index contributed by atoms with van der Waals surface area (Å²) in [5.41, 5.74) is 7.71. The number of anilines is 1. The number of carbonyl (C=O) groups is 1. The molecule has 6 nitrogen and oxygen atoms in total. The fraction of sp³-hybridized carbons (Fsp3) is 0.286. The van der Waals surface area contributed by atoms with Crippen molar-refractivity contribution in [3.05, 3.63) is 47.5 Å². The summed E-state index contributed by atoms with van der Waals surface area (Å²) in [6, 6.07) is 3.88. The van der Waals surface area contributed by atoms with Gasteiger partial charge in [0.2, 0.25) is 5.95 Å². The van der Waals surface area contributed by atoms with Gasteiger partial charge in [0.25, 0.3) is 5.91 Å². The zero-order valence-corrected chi connectivity index (χ0v) is 11.6. The zero-order chi connectivity index (χ0) is 14.5. The van der Waals surface area contributed by atoms with Crippen LogP contribution in [0.1, 0.15) is 21.6 Å². The third-order valence-electron chi connectivity index (χ3n) is 3.06. The van der Waals surface area contributed by atoms with Gasteiger partial charge in [-0.2, -0.15) is 0 Å². The van der Waals surface area contributed by atoms with Gasteiger partial charge in [0.15, 0.2) is 0 Å². The summed E-state index contributed by atoms with van der Waals surface area (Å²) in [6.45, 7) is 2.37. The van der Waals surface area contributed by atoms with E-state index < -0.39 is 0 Å². The van der Waals surface area contributed by atoms with Crippen LogP contribution in [0.15, 0.2) is 30.7 Å². The average molecular weight is 271 g/mol. The minimum Gasteiger partial charge on any atom is -0.368 e. The molecule has 0 atom stereocenters. The van der Waals surface area contributed by atoms with Gasteiger partial charge in [-0.1, -0.05) is 0 Å². The van der Waals surface area contributed by atoms with Crippen LogP contribution < -0.4 is 5.73 Å². The van der Waals surface area contributed by atoms with Gasteiger partial charge in [0, 0.05) is 32.2 Å². The normalized spacial score (nSPS) is 10.3. The number of hydrogen-bond acceptors (Lipinski definition) is 5. The lowest BCUT2D eigenvalue weighted by Gasteiger charge is -2.17. The van der Waals surface area contributed by atoms with Crippen LogP contribution >= 0.6 is 0 Å². The molecular weight excluding hydrogens is 254 g/mol. The van der Waals surface area contributed by atoms with Gasteiger partial charge < -0.3 is 10.6 Å². The number of amides is 1. The summed E-state index contributed by atoms with van der Waals surface area (Å²) in [7, 11) is 1.76. The molecule has 2 aromatic rings. The molecule has 6 heteroatoms. The van der Waals surface area contributed by atoms with Crippen LogP contribution in [-0.4, -0.2) is 39.4 Å². The molecular formula is C14H17N5O. The first-order valence-corrected chi connectivity index (χ1v) is 6.31. The van der Waals surface area contributed by atoms with Gasteiger partial charge in [-0.15, -0.1) is 0 Å². The number of aryl methyl sites for hydroxylation is 1. The second kappa shape index (κ2) is 6.10. The molecule has 0 bridgehead atoms. The molecule has 2 aromatic heterocycles. The molecule has 0 aliphatic rings. The highest BCUT2D eigenvalue weighted by Crippen LogP contribution is 2.09. The van der Waals surface area contributed by atoms with Crippen LogP contribution in [0, 0.1) is 6.92 Å². The van der Waals surface area contributed by atoms with Crippen molar-refractivity contribution in [2.75, 3.05) is 19.3 Å². The Bertz CT molecular complexity index is 600. The van der Waals surface area contributed by atoms with Crippen molar-refractivity contribution >= 4 is 11.9 Å². The first kappa shape index (κ1) is 13.9. The molecule has 104 valence electrons. The second-order valence-corrected chi connectivity index (χ2v) is 4.56. The number of rotatable bonds is 4. The average Bonchev–Trinajstić information content (AvgIpc) is 2.45. The van der Waals surface area contributed by atoms with Crippen molar-refractivity contribution in [2.45, 2.75) is 13.3 Å². The Balaban J connectivity index is 2.01. The Morgan fingerprint density at radius 1 is 1.35 bits per heavy atom. The lowest BCUT2D eigenvalue weighted by Crippen LogP contribution is -2.29. The molecule has 2 heterocycles. The number of pyridine rings is 1. The Morgan fingerprint density at radius 3 is 2.70 bits per heavy atom. The number of carbonyl (C=O) groups excluding carboxylic acids is 1. The van der Waals surface area contributed by atoms with Crippen LogP contribution in [0.25, 0.3) is 0 Å². The van der Waals surface area contributed by atoms with Crippen LogP contribution in [0.5, 0.6) is 0 Å². The molecule has 2 N–H and O–H groups in total. The molecule has 0 aliphatic carbocycles. The molecule has 0 aliphatic heterocycles. The molecule has 0 saturated carbocycles. The zero-order valence-electron chi connectivity index (χ0n) is 11.6. The summed E-state index contributed by atoms with van der Waals surface area (Å²) in [5.74, 6) is 0.0787. The van der Waals surface area contributed by atoms with E-state index in [1.54, 1.807) is 31.3 Å². The number of likely N-dealkylation sites (N-methyl/N-ethyl adjacent to an activating group) is 1. The van der Waals surface area contributed by atoms with E-state index in [1.807, 2.05) is 12.1 Å². The minimum absolute atomic E-state index is 0.100. The summed E-state index contributed by atoms with van der Waals surface area (Å²) in [6.07, 6.45) is 5.74. The van der Waals surface area contributed by atoms with Crippen molar-refractivity contribution in [3.8, 4) is 0 Å². The van der Waals surface area contributed by atoms with E-state index in [1.165, 1.54) is 6.20 Å². The fourth-order valence-electron chi connectivity index (χ4n) is 1.85. The largest absolute Gasteiger partial charge is 0.368 e. The molecule has 1 amide bonds. The van der Waals surface area contributed by atoms with Crippen LogP contribution in [0.3, 0.4) is 0 Å². The van der Waals surface area contributed by atoms with Crippen LogP contribution in [0.2, 0.25) is 0 Å². The lowest BCUT2D eigenvalue weighted by molar-refractivity contribution is 0.0795. The third-order valence-corrected chi connectivity index (χ3v) is 3.06. The highest BCUT2D eigenvalue weighted by atomic mass is 16.2. The van der Waals surface area contributed by atoms with E-state index >= 15 is 0 Å². The number of nitrogen functional groups attached to an aromatic ring is 1. The van der Waals surface area contributed by atoms with Gasteiger partial charge in [-0.25, -0.2) is 9.97 Å². The predicted octanol–water partition coefficient (Wildman–Crippen LogP) is 1.08. The van der Waals surface area contributed by atoms with Crippen molar-refractivity contribution < 1.29 is 4.79 Å². The number of hydrogen-bond donors (Lipinski definition) is 1. The smallest absolute Gasteiger partial charge is 0.257 e. The Labute approximate surface area is 117 Å². The molecule has 0 fully saturated rings. The lowest BCUT2D eigenvalue weighted by atomic mass is 10.1. The standard InChI is InChI=1S/C14H17N5O/c1-10-12(9-17-14(15)18-10)13(20)19(2)8-5-11-3-6-16-7-4-11/h3-4,6-7,9H,5,8H2,1-2H3,(H2,15,17,18). The minimum atomic E-state index is -0.100. The first-order valence-electron chi connectivity index (χ1n) is 6.31. The Morgan fingerprint density at radius 2 is 2.05 bits per heavy atom. The maximum absolute atomic E-state index is 12.3. The molecule has 20 heavy (non-hydrogen) atoms. The van der Waals surface area contributed by atoms with Gasteiger partial charge in [-0.05, 0) is 31.0 Å². The fourth-order valence-corrected chi connectivity index (χ4v) is 1.85. The summed E-state index contributed by atoms with van der Waals surface area (Å²) in [5, 5.41) is 0. The maximum Gasteiger partial charge on any atom is 0.257 e. The summed E-state index contributed by atoms with van der Waals surface area (Å²) >= 11 is 0. The SMILES string of the molecule is Cc1nc(N)ncc1C(=O)N(C)CCc1ccncc1. The predicted molar refractivity (Wildman–Crippen MR) is 76.1 cm³/mol. The molecule has 0 aromatic carbocycles. The quantitative estimate of drug-likeness (QED) is 0.899. The van der Waals surface area contributed by atoms with E-state index in [0.717, 1.165) is 12.0 Å². The topological polar surface area (TPSA) is 85.0 Å². The van der Waals surface area contributed by atoms with Gasteiger partial charge in [0.05, 0.1) is 11.3 Å². The summed E-state index contributed by atoms with van der Waals surface area (Å²) < 4.78 is 0. The summed E-state index contributed by atoms with van der Waals surface area (Å²) in [4.78, 5) is 25.8. The van der Waals surface area contributed by atoms with E-state index in [4.69, 9.17) is 5.73 Å². The highest BCUT2D eigenvalue weighted by Gasteiger charge is 2.15. The van der Waals surface area contributed by atoms with Gasteiger partial charge in [-0.3, -0.25) is 9.78 Å². The highest BCUT2D eigenvalue weighted by molar-refractivity contribution is 5.94. The monoisotopic (exact) mass is 271 g/mol. The van der Waals surface area contributed by atoms with Crippen LogP contribution in [-0.2, 0) is 6.42 Å². The molecule has 0 unspecified atom stereocenters. The van der Waals surface area contributed by atoms with Crippen LogP contribution in [0.4, 0.5) is 5.95 Å². The maximum atomic E-state index is 12.3. The number of aromatic nitrogens is 3. The third kappa shape index (κ3) is 3.28. The first-order chi connectivity index (χ1) is 9.58. The van der Waals surface area contributed by atoms with Crippen molar-refractivity contribution in [2.24, 2.45) is 0 Å². The van der Waals surface area contributed by atoms with E-state index in [9.17, 15) is 4.79 Å². The molecule has 2 rings (SSSR count). The number of nitrogens with two attached hydrogens (primary N) is 1. The molecule has 0 spiro atoms. The van der Waals surface area contributed by atoms with E-state index in [2.05, 4.69) is 15.0 Å². The van der Waals surface area contributed by atoms with Crippen molar-refractivity contribution in [1.82, 2.24) is 19.9 Å². The van der Waals surface area contributed by atoms with E-state index in [0.29, 0.717) is 17.8 Å². The molecule has 0 saturated heterocycles. The number of nitrogens with zero attached hydrogens (tertiary/aromatic N) is 4.